The van der Waals surface area contributed by atoms with Crippen LogP contribution in [0.15, 0.2) is 12.8 Å². The molecule has 0 aliphatic heterocycles. The van der Waals surface area contributed by atoms with Crippen molar-refractivity contribution < 1.29 is 22.3 Å². The zero-order valence-corrected chi connectivity index (χ0v) is 10.5. The van der Waals surface area contributed by atoms with Crippen LogP contribution in [0.4, 0.5) is 17.6 Å². The molecular weight excluding hydrogens is 236 g/mol. The minimum absolute atomic E-state index is 0.391. The molecule has 0 amide bonds. The topological polar surface area (TPSA) is 9.23 Å². The van der Waals surface area contributed by atoms with Crippen molar-refractivity contribution in [3.63, 3.8) is 0 Å². The largest absolute Gasteiger partial charge is 0.502 e. The fourth-order valence-corrected chi connectivity index (χ4v) is 1.80. The molecule has 1 nitrogen and oxygen atoms in total. The maximum atomic E-state index is 13.5. The molecule has 0 heterocycles. The average molecular weight is 256 g/mol. The van der Waals surface area contributed by atoms with Gasteiger partial charge in [0.25, 0.3) is 0 Å². The molecule has 0 spiro atoms. The summed E-state index contributed by atoms with van der Waals surface area (Å²) >= 11 is 0. The Balaban J connectivity index is 4.28. The maximum Gasteiger partial charge on any atom is 0.422 e. The van der Waals surface area contributed by atoms with Crippen LogP contribution in [0.2, 0.25) is 0 Å². The van der Waals surface area contributed by atoms with Gasteiger partial charge in [-0.1, -0.05) is 20.4 Å². The Morgan fingerprint density at radius 3 is 2.06 bits per heavy atom. The molecule has 0 aliphatic rings. The van der Waals surface area contributed by atoms with Gasteiger partial charge >= 0.3 is 6.18 Å². The molecule has 1 atom stereocenters. The lowest BCUT2D eigenvalue weighted by Gasteiger charge is -2.33. The Morgan fingerprint density at radius 2 is 1.65 bits per heavy atom. The van der Waals surface area contributed by atoms with Gasteiger partial charge in [-0.25, -0.2) is 4.39 Å². The van der Waals surface area contributed by atoms with Gasteiger partial charge in [0.2, 0.25) is 5.67 Å². The van der Waals surface area contributed by atoms with E-state index in [1.807, 2.05) is 0 Å². The summed E-state index contributed by atoms with van der Waals surface area (Å²) in [7, 11) is 0. The van der Waals surface area contributed by atoms with Crippen LogP contribution in [0.1, 0.15) is 40.0 Å². The first-order valence-electron chi connectivity index (χ1n) is 5.50. The molecule has 0 saturated heterocycles. The van der Waals surface area contributed by atoms with E-state index in [9.17, 15) is 17.6 Å². The Bertz CT molecular complexity index is 243. The molecule has 0 bridgehead atoms. The highest BCUT2D eigenvalue weighted by Gasteiger charge is 2.53. The highest BCUT2D eigenvalue weighted by molar-refractivity contribution is 4.88. The summed E-state index contributed by atoms with van der Waals surface area (Å²) in [6, 6.07) is 0. The van der Waals surface area contributed by atoms with Crippen LogP contribution in [0.5, 0.6) is 0 Å². The number of rotatable bonds is 7. The standard InChI is InChI=1S/C12H20F4O/c1-5-17-8-6-7-10(2,3)9-11(4,13)12(14,15)16/h5H,1,6-9H2,2-4H3. The van der Waals surface area contributed by atoms with E-state index in [4.69, 9.17) is 4.74 Å². The maximum absolute atomic E-state index is 13.5. The molecule has 0 radical (unpaired) electrons. The molecule has 5 heteroatoms. The van der Waals surface area contributed by atoms with Gasteiger partial charge in [-0.15, -0.1) is 0 Å². The average Bonchev–Trinajstić information content (AvgIpc) is 2.09. The number of alkyl halides is 4. The highest BCUT2D eigenvalue weighted by Crippen LogP contribution is 2.43. The van der Waals surface area contributed by atoms with Gasteiger partial charge in [0.1, 0.15) is 0 Å². The van der Waals surface area contributed by atoms with Gasteiger partial charge in [-0.2, -0.15) is 13.2 Å². The molecule has 0 saturated carbocycles. The Kier molecular flexibility index (Phi) is 5.49. The highest BCUT2D eigenvalue weighted by atomic mass is 19.4. The van der Waals surface area contributed by atoms with E-state index < -0.39 is 23.7 Å². The molecule has 0 aliphatic carbocycles. The van der Waals surface area contributed by atoms with Crippen molar-refractivity contribution in [2.45, 2.75) is 51.9 Å². The van der Waals surface area contributed by atoms with E-state index in [1.165, 1.54) is 6.26 Å². The fraction of sp³-hybridized carbons (Fsp3) is 0.833. The van der Waals surface area contributed by atoms with Crippen molar-refractivity contribution in [1.29, 1.82) is 0 Å². The second-order valence-corrected chi connectivity index (χ2v) is 5.18. The molecule has 0 aromatic rings. The quantitative estimate of drug-likeness (QED) is 0.366. The van der Waals surface area contributed by atoms with Crippen molar-refractivity contribution in [2.75, 3.05) is 6.61 Å². The van der Waals surface area contributed by atoms with E-state index in [-0.39, 0.29) is 0 Å². The fourth-order valence-electron chi connectivity index (χ4n) is 1.80. The lowest BCUT2D eigenvalue weighted by atomic mass is 9.78. The second-order valence-electron chi connectivity index (χ2n) is 5.18. The molecule has 17 heavy (non-hydrogen) atoms. The van der Waals surface area contributed by atoms with Crippen molar-refractivity contribution in [3.8, 4) is 0 Å². The summed E-state index contributed by atoms with van der Waals surface area (Å²) in [5, 5.41) is 0. The monoisotopic (exact) mass is 256 g/mol. The summed E-state index contributed by atoms with van der Waals surface area (Å²) in [4.78, 5) is 0. The summed E-state index contributed by atoms with van der Waals surface area (Å²) < 4.78 is 55.6. The van der Waals surface area contributed by atoms with Crippen LogP contribution in [-0.2, 0) is 4.74 Å². The lowest BCUT2D eigenvalue weighted by Crippen LogP contribution is -2.41. The summed E-state index contributed by atoms with van der Waals surface area (Å²) in [6.07, 6.45) is -3.04. The third-order valence-electron chi connectivity index (χ3n) is 2.64. The SMILES string of the molecule is C=COCCCC(C)(C)CC(C)(F)C(F)(F)F. The van der Waals surface area contributed by atoms with Gasteiger partial charge in [-0.05, 0) is 31.6 Å². The first-order chi connectivity index (χ1) is 7.52. The third kappa shape index (κ3) is 5.94. The molecule has 0 aromatic heterocycles. The van der Waals surface area contributed by atoms with Gasteiger partial charge in [0.15, 0.2) is 0 Å². The Hall–Kier alpha value is -0.740. The molecule has 0 N–H and O–H groups in total. The summed E-state index contributed by atoms with van der Waals surface area (Å²) in [6.45, 7) is 7.60. The Labute approximate surface area is 99.8 Å². The molecule has 102 valence electrons. The Morgan fingerprint density at radius 1 is 1.12 bits per heavy atom. The number of hydrogen-bond acceptors (Lipinski definition) is 1. The van der Waals surface area contributed by atoms with Gasteiger partial charge in [0.05, 0.1) is 12.9 Å². The number of ether oxygens (including phenoxy) is 1. The van der Waals surface area contributed by atoms with Crippen LogP contribution in [0.25, 0.3) is 0 Å². The second kappa shape index (κ2) is 5.74. The van der Waals surface area contributed by atoms with E-state index in [0.717, 1.165) is 0 Å². The van der Waals surface area contributed by atoms with E-state index in [1.54, 1.807) is 13.8 Å². The third-order valence-corrected chi connectivity index (χ3v) is 2.64. The first kappa shape index (κ1) is 16.3. The van der Waals surface area contributed by atoms with Crippen molar-refractivity contribution in [3.05, 3.63) is 12.8 Å². The van der Waals surface area contributed by atoms with Crippen molar-refractivity contribution >= 4 is 0 Å². The molecule has 0 fully saturated rings. The van der Waals surface area contributed by atoms with Crippen LogP contribution < -0.4 is 0 Å². The summed E-state index contributed by atoms with van der Waals surface area (Å²) in [5.74, 6) is 0. The smallest absolute Gasteiger partial charge is 0.422 e. The normalized spacial score (nSPS) is 16.4. The summed E-state index contributed by atoms with van der Waals surface area (Å²) in [5.41, 5.74) is -3.86. The number of hydrogen-bond donors (Lipinski definition) is 0. The van der Waals surface area contributed by atoms with Crippen molar-refractivity contribution in [2.24, 2.45) is 5.41 Å². The lowest BCUT2D eigenvalue weighted by molar-refractivity contribution is -0.233. The van der Waals surface area contributed by atoms with Crippen molar-refractivity contribution in [1.82, 2.24) is 0 Å². The predicted octanol–water partition coefficient (Wildman–Crippen LogP) is 4.63. The van der Waals surface area contributed by atoms with Gasteiger partial charge in [0, 0.05) is 0 Å². The molecular formula is C12H20F4O. The van der Waals surface area contributed by atoms with Crippen LogP contribution in [0.3, 0.4) is 0 Å². The van der Waals surface area contributed by atoms with E-state index in [2.05, 4.69) is 6.58 Å². The van der Waals surface area contributed by atoms with Gasteiger partial charge in [-0.3, -0.25) is 0 Å². The zero-order valence-electron chi connectivity index (χ0n) is 10.5. The van der Waals surface area contributed by atoms with E-state index in [0.29, 0.717) is 26.4 Å². The van der Waals surface area contributed by atoms with Crippen LogP contribution in [-0.4, -0.2) is 18.5 Å². The van der Waals surface area contributed by atoms with Crippen LogP contribution >= 0.6 is 0 Å². The van der Waals surface area contributed by atoms with Crippen LogP contribution in [0, 0.1) is 5.41 Å². The minimum Gasteiger partial charge on any atom is -0.502 e. The number of halogens is 4. The zero-order chi connectivity index (χ0) is 13.7. The predicted molar refractivity (Wildman–Crippen MR) is 59.3 cm³/mol. The van der Waals surface area contributed by atoms with E-state index >= 15 is 0 Å². The van der Waals surface area contributed by atoms with Gasteiger partial charge < -0.3 is 4.74 Å². The first-order valence-corrected chi connectivity index (χ1v) is 5.50. The molecule has 0 aromatic carbocycles. The molecule has 1 unspecified atom stereocenters. The minimum atomic E-state index is -4.82. The molecule has 0 rings (SSSR count).